The average Bonchev–Trinajstić information content (AvgIpc) is 2.63. The van der Waals surface area contributed by atoms with E-state index in [1.54, 1.807) is 12.1 Å². The molecule has 0 aliphatic heterocycles. The normalized spacial score (nSPS) is 11.2. The highest BCUT2D eigenvalue weighted by Gasteiger charge is 2.13. The van der Waals surface area contributed by atoms with E-state index >= 15 is 0 Å². The lowest BCUT2D eigenvalue weighted by Crippen LogP contribution is -2.24. The van der Waals surface area contributed by atoms with Gasteiger partial charge in [-0.2, -0.15) is 0 Å². The minimum atomic E-state index is -3.54. The predicted molar refractivity (Wildman–Crippen MR) is 107 cm³/mol. The van der Waals surface area contributed by atoms with Gasteiger partial charge in [0.2, 0.25) is 10.0 Å². The molecule has 0 fully saturated rings. The highest BCUT2D eigenvalue weighted by atomic mass is 35.5. The third kappa shape index (κ3) is 6.70. The van der Waals surface area contributed by atoms with E-state index in [1.165, 1.54) is 30.3 Å². The number of amides is 1. The van der Waals surface area contributed by atoms with Crippen LogP contribution in [0.3, 0.4) is 0 Å². The number of nitrogens with one attached hydrogen (secondary N) is 2. The maximum absolute atomic E-state index is 12.1. The summed E-state index contributed by atoms with van der Waals surface area (Å²) in [4.78, 5) is 12.1. The first-order chi connectivity index (χ1) is 12.8. The molecule has 0 aromatic heterocycles. The SMILES string of the molecule is CCCCNS(=O)(=O)c1ccc(OCC(=O)Nc2cc(Cl)ccc2Cl)cc1. The van der Waals surface area contributed by atoms with Crippen molar-refractivity contribution in [3.05, 3.63) is 52.5 Å². The first-order valence-corrected chi connectivity index (χ1v) is 10.5. The van der Waals surface area contributed by atoms with Crippen molar-refractivity contribution in [1.29, 1.82) is 0 Å². The molecule has 9 heteroatoms. The lowest BCUT2D eigenvalue weighted by atomic mass is 10.3. The smallest absolute Gasteiger partial charge is 0.262 e. The van der Waals surface area contributed by atoms with Gasteiger partial charge in [-0.25, -0.2) is 13.1 Å². The number of hydrogen-bond acceptors (Lipinski definition) is 4. The Morgan fingerprint density at radius 2 is 1.81 bits per heavy atom. The van der Waals surface area contributed by atoms with Gasteiger partial charge in [-0.15, -0.1) is 0 Å². The third-order valence-electron chi connectivity index (χ3n) is 3.53. The van der Waals surface area contributed by atoms with Crippen LogP contribution in [0.1, 0.15) is 19.8 Å². The first kappa shape index (κ1) is 21.5. The molecule has 0 unspecified atom stereocenters. The Labute approximate surface area is 168 Å². The van der Waals surface area contributed by atoms with Gasteiger partial charge >= 0.3 is 0 Å². The molecule has 2 aromatic rings. The molecule has 0 saturated carbocycles. The lowest BCUT2D eigenvalue weighted by Gasteiger charge is -2.10. The summed E-state index contributed by atoms with van der Waals surface area (Å²) in [7, 11) is -3.54. The van der Waals surface area contributed by atoms with E-state index in [4.69, 9.17) is 27.9 Å². The van der Waals surface area contributed by atoms with E-state index in [2.05, 4.69) is 10.0 Å². The zero-order chi connectivity index (χ0) is 19.9. The van der Waals surface area contributed by atoms with Crippen molar-refractivity contribution in [3.8, 4) is 5.75 Å². The molecule has 6 nitrogen and oxygen atoms in total. The molecule has 0 atom stereocenters. The summed E-state index contributed by atoms with van der Waals surface area (Å²) in [5.41, 5.74) is 0.386. The molecular weight excluding hydrogens is 411 g/mol. The van der Waals surface area contributed by atoms with Gasteiger partial charge in [0, 0.05) is 11.6 Å². The Hall–Kier alpha value is -1.80. The van der Waals surface area contributed by atoms with E-state index < -0.39 is 15.9 Å². The van der Waals surface area contributed by atoms with Gasteiger partial charge in [-0.3, -0.25) is 4.79 Å². The van der Waals surface area contributed by atoms with Crippen LogP contribution in [-0.2, 0) is 14.8 Å². The fraction of sp³-hybridized carbons (Fsp3) is 0.278. The number of carbonyl (C=O) groups excluding carboxylic acids is 1. The number of halogens is 2. The Morgan fingerprint density at radius 1 is 1.11 bits per heavy atom. The number of anilines is 1. The summed E-state index contributed by atoms with van der Waals surface area (Å²) in [6.07, 6.45) is 1.67. The van der Waals surface area contributed by atoms with Gasteiger partial charge in [0.1, 0.15) is 5.75 Å². The minimum absolute atomic E-state index is 0.140. The van der Waals surface area contributed by atoms with Crippen molar-refractivity contribution in [2.24, 2.45) is 0 Å². The van der Waals surface area contributed by atoms with Crippen LogP contribution in [0.5, 0.6) is 5.75 Å². The van der Waals surface area contributed by atoms with Crippen molar-refractivity contribution in [2.75, 3.05) is 18.5 Å². The topological polar surface area (TPSA) is 84.5 Å². The van der Waals surface area contributed by atoms with Gasteiger partial charge in [0.05, 0.1) is 15.6 Å². The van der Waals surface area contributed by atoms with Crippen molar-refractivity contribution in [1.82, 2.24) is 4.72 Å². The van der Waals surface area contributed by atoms with Gasteiger partial charge in [-0.1, -0.05) is 36.5 Å². The zero-order valence-corrected chi connectivity index (χ0v) is 17.0. The van der Waals surface area contributed by atoms with Gasteiger partial charge in [0.15, 0.2) is 6.61 Å². The van der Waals surface area contributed by atoms with Crippen molar-refractivity contribution >= 4 is 44.8 Å². The largest absolute Gasteiger partial charge is 0.484 e. The molecule has 2 aromatic carbocycles. The summed E-state index contributed by atoms with van der Waals surface area (Å²) in [6, 6.07) is 10.6. The highest BCUT2D eigenvalue weighted by molar-refractivity contribution is 7.89. The maximum atomic E-state index is 12.1. The average molecular weight is 431 g/mol. The lowest BCUT2D eigenvalue weighted by molar-refractivity contribution is -0.118. The minimum Gasteiger partial charge on any atom is -0.484 e. The summed E-state index contributed by atoms with van der Waals surface area (Å²) in [6.45, 7) is 2.12. The molecule has 0 heterocycles. The van der Waals surface area contributed by atoms with E-state index in [1.807, 2.05) is 6.92 Å². The highest BCUT2D eigenvalue weighted by Crippen LogP contribution is 2.25. The second-order valence-electron chi connectivity index (χ2n) is 5.68. The second-order valence-corrected chi connectivity index (χ2v) is 8.29. The molecule has 0 saturated heterocycles. The number of hydrogen-bond donors (Lipinski definition) is 2. The van der Waals surface area contributed by atoms with Gasteiger partial charge < -0.3 is 10.1 Å². The predicted octanol–water partition coefficient (Wildman–Crippen LogP) is 4.09. The van der Waals surface area contributed by atoms with E-state index in [9.17, 15) is 13.2 Å². The number of ether oxygens (including phenoxy) is 1. The Morgan fingerprint density at radius 3 is 2.48 bits per heavy atom. The zero-order valence-electron chi connectivity index (χ0n) is 14.7. The first-order valence-electron chi connectivity index (χ1n) is 8.29. The summed E-state index contributed by atoms with van der Waals surface area (Å²) in [5.74, 6) is -0.0491. The molecule has 1 amide bonds. The molecule has 0 spiro atoms. The van der Waals surface area contributed by atoms with Crippen molar-refractivity contribution in [2.45, 2.75) is 24.7 Å². The monoisotopic (exact) mass is 430 g/mol. The van der Waals surface area contributed by atoms with Crippen LogP contribution in [0.25, 0.3) is 0 Å². The van der Waals surface area contributed by atoms with E-state index in [0.717, 1.165) is 12.8 Å². The van der Waals surface area contributed by atoms with Crippen LogP contribution < -0.4 is 14.8 Å². The Balaban J connectivity index is 1.91. The van der Waals surface area contributed by atoms with Crippen LogP contribution in [0, 0.1) is 0 Å². The van der Waals surface area contributed by atoms with Crippen LogP contribution in [0.2, 0.25) is 10.0 Å². The molecule has 27 heavy (non-hydrogen) atoms. The van der Waals surface area contributed by atoms with Crippen molar-refractivity contribution < 1.29 is 17.9 Å². The summed E-state index contributed by atoms with van der Waals surface area (Å²) < 4.78 is 32.1. The number of unbranched alkanes of at least 4 members (excludes halogenated alkanes) is 1. The number of sulfonamides is 1. The van der Waals surface area contributed by atoms with E-state index in [0.29, 0.717) is 28.0 Å². The standard InChI is InChI=1S/C18H20Cl2N2O4S/c1-2-3-10-21-27(24,25)15-7-5-14(6-8-15)26-12-18(23)22-17-11-13(19)4-9-16(17)20/h4-9,11,21H,2-3,10,12H2,1H3,(H,22,23). The number of benzene rings is 2. The number of carbonyl (C=O) groups is 1. The van der Waals surface area contributed by atoms with Gasteiger partial charge in [0.25, 0.3) is 5.91 Å². The molecule has 0 bridgehead atoms. The third-order valence-corrected chi connectivity index (χ3v) is 5.57. The Bertz CT molecular complexity index is 887. The van der Waals surface area contributed by atoms with Crippen LogP contribution in [0.15, 0.2) is 47.4 Å². The molecule has 2 rings (SSSR count). The molecule has 0 radical (unpaired) electrons. The molecule has 2 N–H and O–H groups in total. The second kappa shape index (κ2) is 9.94. The molecular formula is C18H20Cl2N2O4S. The quantitative estimate of drug-likeness (QED) is 0.586. The molecule has 0 aliphatic carbocycles. The van der Waals surface area contributed by atoms with E-state index in [-0.39, 0.29) is 11.5 Å². The van der Waals surface area contributed by atoms with Crippen LogP contribution in [0.4, 0.5) is 5.69 Å². The summed E-state index contributed by atoms with van der Waals surface area (Å²) >= 11 is 11.9. The summed E-state index contributed by atoms with van der Waals surface area (Å²) in [5, 5.41) is 3.40. The van der Waals surface area contributed by atoms with Crippen molar-refractivity contribution in [3.63, 3.8) is 0 Å². The number of rotatable bonds is 9. The van der Waals surface area contributed by atoms with Crippen LogP contribution in [-0.4, -0.2) is 27.5 Å². The van der Waals surface area contributed by atoms with Gasteiger partial charge in [-0.05, 0) is 48.9 Å². The fourth-order valence-corrected chi connectivity index (χ4v) is 3.52. The van der Waals surface area contributed by atoms with Crippen LogP contribution >= 0.6 is 23.2 Å². The Kier molecular flexibility index (Phi) is 7.91. The fourth-order valence-electron chi connectivity index (χ4n) is 2.11. The maximum Gasteiger partial charge on any atom is 0.262 e. The molecule has 0 aliphatic rings. The molecule has 146 valence electrons.